The van der Waals surface area contributed by atoms with E-state index in [-0.39, 0.29) is 6.04 Å². The van der Waals surface area contributed by atoms with Gasteiger partial charge in [-0.05, 0) is 89.1 Å². The first-order valence-electron chi connectivity index (χ1n) is 16.1. The Labute approximate surface area is 269 Å². The number of hydrogen-bond acceptors (Lipinski definition) is 9. The summed E-state index contributed by atoms with van der Waals surface area (Å²) >= 11 is 0. The minimum Gasteiger partial charge on any atom is -0.480 e. The van der Waals surface area contributed by atoms with E-state index in [1.807, 2.05) is 31.3 Å². The second-order valence-electron chi connectivity index (χ2n) is 12.9. The maximum atomic E-state index is 13.9. The SMILES string of the molecule is CN[C@H](C)c1ccc2ccc(/C=C/C3(C(=O)O[C@H](C(=O)N[C@@H](C)C(=O)N4CCC[C@@H](C(=O)O)N4)C(C)C)CCC(O)CC3)nc2c1. The number of benzene rings is 1. The van der Waals surface area contributed by atoms with Crippen molar-refractivity contribution in [1.82, 2.24) is 26.1 Å². The van der Waals surface area contributed by atoms with Crippen LogP contribution in [0.2, 0.25) is 0 Å². The van der Waals surface area contributed by atoms with E-state index in [0.29, 0.717) is 50.8 Å². The molecule has 0 radical (unpaired) electrons. The number of nitrogens with one attached hydrogen (secondary N) is 3. The first kappa shape index (κ1) is 35.0. The fourth-order valence-corrected chi connectivity index (χ4v) is 5.92. The number of rotatable bonds is 11. The number of pyridine rings is 1. The topological polar surface area (TPSA) is 170 Å². The van der Waals surface area contributed by atoms with Gasteiger partial charge in [0.05, 0.1) is 22.7 Å². The Balaban J connectivity index is 1.50. The van der Waals surface area contributed by atoms with Crippen LogP contribution in [0.15, 0.2) is 36.4 Å². The first-order chi connectivity index (χ1) is 21.8. The number of carbonyl (C=O) groups excluding carboxylic acids is 3. The zero-order valence-corrected chi connectivity index (χ0v) is 27.3. The van der Waals surface area contributed by atoms with Crippen molar-refractivity contribution in [2.75, 3.05) is 13.6 Å². The summed E-state index contributed by atoms with van der Waals surface area (Å²) in [7, 11) is 1.90. The molecule has 1 saturated carbocycles. The van der Waals surface area contributed by atoms with Crippen LogP contribution in [0.3, 0.4) is 0 Å². The standard InChI is InChI=1S/C34H47N5O7/c1-20(2)29(30(41)36-22(4)31(42)39-18-6-7-27(38-39)32(43)44)46-33(45)34(16-13-26(40)14-17-34)15-12-25-11-10-23-8-9-24(21(3)35-5)19-28(23)37-25/h8-12,15,19-22,26-27,29,35,38,40H,6-7,13-14,16-18H2,1-5H3,(H,36,41)(H,43,44)/b15-12+/t21-,22+,26?,27+,29+,34?/m1/s1. The lowest BCUT2D eigenvalue weighted by Crippen LogP contribution is -2.60. The van der Waals surface area contributed by atoms with Crippen LogP contribution in [0.25, 0.3) is 17.0 Å². The fourth-order valence-electron chi connectivity index (χ4n) is 5.92. The molecular formula is C34H47N5O7. The van der Waals surface area contributed by atoms with Crippen molar-refractivity contribution < 1.29 is 34.1 Å². The van der Waals surface area contributed by atoms with E-state index < -0.39 is 59.4 Å². The number of esters is 1. The molecule has 250 valence electrons. The highest BCUT2D eigenvalue weighted by Gasteiger charge is 2.43. The van der Waals surface area contributed by atoms with Crippen LogP contribution in [-0.2, 0) is 23.9 Å². The van der Waals surface area contributed by atoms with E-state index in [1.54, 1.807) is 26.0 Å². The number of aliphatic hydroxyl groups is 1. The highest BCUT2D eigenvalue weighted by molar-refractivity contribution is 5.91. The Kier molecular flexibility index (Phi) is 11.5. The van der Waals surface area contributed by atoms with Crippen LogP contribution in [0, 0.1) is 11.3 Å². The molecule has 0 bridgehead atoms. The Morgan fingerprint density at radius 1 is 1.09 bits per heavy atom. The summed E-state index contributed by atoms with van der Waals surface area (Å²) < 4.78 is 5.91. The fraction of sp³-hybridized carbons (Fsp3) is 0.559. The molecule has 1 saturated heterocycles. The summed E-state index contributed by atoms with van der Waals surface area (Å²) in [5, 5.41) is 27.7. The van der Waals surface area contributed by atoms with Crippen molar-refractivity contribution in [2.24, 2.45) is 11.3 Å². The summed E-state index contributed by atoms with van der Waals surface area (Å²) in [6.07, 6.45) is 4.28. The van der Waals surface area contributed by atoms with E-state index in [0.717, 1.165) is 16.5 Å². The van der Waals surface area contributed by atoms with E-state index in [2.05, 4.69) is 29.0 Å². The number of nitrogens with zero attached hydrogens (tertiary/aromatic N) is 2. The third-order valence-corrected chi connectivity index (χ3v) is 9.08. The zero-order chi connectivity index (χ0) is 33.6. The quantitative estimate of drug-likeness (QED) is 0.231. The number of ether oxygens (including phenoxy) is 1. The Bertz CT molecular complexity index is 1450. The first-order valence-corrected chi connectivity index (χ1v) is 16.1. The van der Waals surface area contributed by atoms with Crippen molar-refractivity contribution in [3.8, 4) is 0 Å². The summed E-state index contributed by atoms with van der Waals surface area (Å²) in [5.74, 6) is -3.12. The number of aliphatic carboxylic acids is 1. The van der Waals surface area contributed by atoms with Crippen molar-refractivity contribution in [3.63, 3.8) is 0 Å². The van der Waals surface area contributed by atoms with Gasteiger partial charge in [0.15, 0.2) is 6.10 Å². The summed E-state index contributed by atoms with van der Waals surface area (Å²) in [5.41, 5.74) is 4.23. The van der Waals surface area contributed by atoms with Crippen molar-refractivity contribution in [3.05, 3.63) is 47.7 Å². The maximum Gasteiger partial charge on any atom is 0.322 e. The number of amides is 2. The molecular weight excluding hydrogens is 590 g/mol. The molecule has 1 aromatic heterocycles. The average molecular weight is 638 g/mol. The number of carboxylic acid groups (broad SMARTS) is 1. The Morgan fingerprint density at radius 3 is 2.43 bits per heavy atom. The van der Waals surface area contributed by atoms with Crippen molar-refractivity contribution in [2.45, 2.75) is 96.6 Å². The summed E-state index contributed by atoms with van der Waals surface area (Å²) in [6.45, 7) is 7.40. The van der Waals surface area contributed by atoms with Crippen LogP contribution in [0.1, 0.15) is 83.5 Å². The second kappa shape index (κ2) is 15.1. The molecule has 5 N–H and O–H groups in total. The molecule has 12 nitrogen and oxygen atoms in total. The summed E-state index contributed by atoms with van der Waals surface area (Å²) in [4.78, 5) is 56.5. The van der Waals surface area contributed by atoms with E-state index in [4.69, 9.17) is 9.72 Å². The van der Waals surface area contributed by atoms with Crippen LogP contribution in [-0.4, -0.2) is 81.8 Å². The van der Waals surface area contributed by atoms with E-state index in [9.17, 15) is 29.4 Å². The molecule has 46 heavy (non-hydrogen) atoms. The van der Waals surface area contributed by atoms with Gasteiger partial charge in [-0.15, -0.1) is 0 Å². The molecule has 4 atom stereocenters. The van der Waals surface area contributed by atoms with Gasteiger partial charge in [-0.2, -0.15) is 0 Å². The van der Waals surface area contributed by atoms with Gasteiger partial charge in [-0.25, -0.2) is 10.4 Å². The molecule has 2 fully saturated rings. The third kappa shape index (κ3) is 8.28. The number of carbonyl (C=O) groups is 4. The van der Waals surface area contributed by atoms with Gasteiger partial charge in [-0.3, -0.25) is 24.2 Å². The highest BCUT2D eigenvalue weighted by Crippen LogP contribution is 2.40. The van der Waals surface area contributed by atoms with E-state index >= 15 is 0 Å². The third-order valence-electron chi connectivity index (χ3n) is 9.08. The lowest BCUT2D eigenvalue weighted by molar-refractivity contribution is -0.168. The minimum atomic E-state index is -1.17. The van der Waals surface area contributed by atoms with Gasteiger partial charge in [0.1, 0.15) is 12.1 Å². The van der Waals surface area contributed by atoms with Gasteiger partial charge >= 0.3 is 11.9 Å². The molecule has 2 amide bonds. The molecule has 1 aliphatic carbocycles. The molecule has 0 unspecified atom stereocenters. The number of aromatic nitrogens is 1. The molecule has 4 rings (SSSR count). The van der Waals surface area contributed by atoms with Gasteiger partial charge in [0.2, 0.25) is 0 Å². The molecule has 2 aromatic rings. The number of hydrogen-bond donors (Lipinski definition) is 5. The zero-order valence-electron chi connectivity index (χ0n) is 27.3. The van der Waals surface area contributed by atoms with Gasteiger partial charge in [-0.1, -0.05) is 38.1 Å². The van der Waals surface area contributed by atoms with Gasteiger partial charge in [0, 0.05) is 18.0 Å². The van der Waals surface area contributed by atoms with Crippen LogP contribution < -0.4 is 16.1 Å². The Hall–Kier alpha value is -3.87. The smallest absolute Gasteiger partial charge is 0.322 e. The van der Waals surface area contributed by atoms with Crippen LogP contribution in [0.4, 0.5) is 0 Å². The van der Waals surface area contributed by atoms with Gasteiger partial charge < -0.3 is 25.6 Å². The van der Waals surface area contributed by atoms with Gasteiger partial charge in [0.25, 0.3) is 11.8 Å². The highest BCUT2D eigenvalue weighted by atomic mass is 16.6. The second-order valence-corrected chi connectivity index (χ2v) is 12.9. The molecule has 12 heteroatoms. The normalized spacial score (nSPS) is 24.0. The van der Waals surface area contributed by atoms with Crippen LogP contribution >= 0.6 is 0 Å². The lowest BCUT2D eigenvalue weighted by Gasteiger charge is -2.36. The predicted octanol–water partition coefficient (Wildman–Crippen LogP) is 3.10. The van der Waals surface area contributed by atoms with Crippen molar-refractivity contribution >= 4 is 40.7 Å². The predicted molar refractivity (Wildman–Crippen MR) is 173 cm³/mol. The maximum absolute atomic E-state index is 13.9. The monoisotopic (exact) mass is 637 g/mol. The molecule has 2 heterocycles. The number of hydrazine groups is 1. The van der Waals surface area contributed by atoms with Crippen molar-refractivity contribution in [1.29, 1.82) is 0 Å². The van der Waals surface area contributed by atoms with Crippen LogP contribution in [0.5, 0.6) is 0 Å². The number of aliphatic hydroxyl groups excluding tert-OH is 1. The lowest BCUT2D eigenvalue weighted by atomic mass is 9.72. The average Bonchev–Trinajstić information content (AvgIpc) is 3.05. The largest absolute Gasteiger partial charge is 0.480 e. The Morgan fingerprint density at radius 2 is 1.78 bits per heavy atom. The molecule has 1 aliphatic heterocycles. The van der Waals surface area contributed by atoms with E-state index in [1.165, 1.54) is 11.9 Å². The number of carboxylic acids is 1. The molecule has 2 aliphatic rings. The summed E-state index contributed by atoms with van der Waals surface area (Å²) in [6, 6.07) is 8.30. The molecule has 0 spiro atoms. The molecule has 1 aromatic carbocycles. The minimum absolute atomic E-state index is 0.162. The number of fused-ring (bicyclic) bond motifs is 1.